The van der Waals surface area contributed by atoms with Crippen LogP contribution in [0.25, 0.3) is 12.2 Å². The van der Waals surface area contributed by atoms with Crippen molar-refractivity contribution in [3.63, 3.8) is 0 Å². The minimum atomic E-state index is -2.97. The van der Waals surface area contributed by atoms with Gasteiger partial charge >= 0.3 is 6.61 Å². The molecule has 4 aromatic rings. The van der Waals surface area contributed by atoms with Crippen molar-refractivity contribution in [1.82, 2.24) is 4.57 Å². The van der Waals surface area contributed by atoms with Crippen molar-refractivity contribution in [3.05, 3.63) is 136 Å². The van der Waals surface area contributed by atoms with Gasteiger partial charge in [0, 0.05) is 15.6 Å². The second kappa shape index (κ2) is 11.2. The van der Waals surface area contributed by atoms with Crippen LogP contribution in [0.1, 0.15) is 42.0 Å². The zero-order chi connectivity index (χ0) is 27.8. The number of hydrogen-bond donors (Lipinski definition) is 0. The number of fused-ring (bicyclic) bond motifs is 1. The highest BCUT2D eigenvalue weighted by Crippen LogP contribution is 2.41. The van der Waals surface area contributed by atoms with Crippen LogP contribution >= 0.6 is 34.5 Å². The predicted molar refractivity (Wildman–Crippen MR) is 156 cm³/mol. The first kappa shape index (κ1) is 26.7. The molecule has 1 aliphatic carbocycles. The van der Waals surface area contributed by atoms with Crippen LogP contribution < -0.4 is 19.6 Å². The first-order valence-electron chi connectivity index (χ1n) is 12.7. The Morgan fingerprint density at radius 3 is 2.38 bits per heavy atom. The van der Waals surface area contributed by atoms with Crippen molar-refractivity contribution in [2.45, 2.75) is 31.9 Å². The van der Waals surface area contributed by atoms with E-state index in [-0.39, 0.29) is 17.4 Å². The Kier molecular flexibility index (Phi) is 7.45. The molecule has 202 valence electrons. The summed E-state index contributed by atoms with van der Waals surface area (Å²) in [7, 11) is 0. The lowest BCUT2D eigenvalue weighted by atomic mass is 9.84. The number of benzene rings is 3. The quantitative estimate of drug-likeness (QED) is 0.242. The molecule has 1 atom stereocenters. The van der Waals surface area contributed by atoms with Gasteiger partial charge in [0.1, 0.15) is 5.75 Å². The van der Waals surface area contributed by atoms with Crippen molar-refractivity contribution >= 4 is 46.7 Å². The number of hydrogen-bond acceptors (Lipinski definition) is 4. The maximum atomic E-state index is 13.9. The summed E-state index contributed by atoms with van der Waals surface area (Å²) in [5, 5.41) is 1.27. The number of alkyl halides is 2. The summed E-state index contributed by atoms with van der Waals surface area (Å²) >= 11 is 13.5. The largest absolute Gasteiger partial charge is 0.434 e. The van der Waals surface area contributed by atoms with Crippen molar-refractivity contribution in [1.29, 1.82) is 0 Å². The summed E-state index contributed by atoms with van der Waals surface area (Å²) < 4.78 is 32.8. The van der Waals surface area contributed by atoms with Gasteiger partial charge in [0.25, 0.3) is 5.56 Å². The van der Waals surface area contributed by atoms with Gasteiger partial charge in [-0.05, 0) is 84.0 Å². The average molecular weight is 595 g/mol. The van der Waals surface area contributed by atoms with Crippen molar-refractivity contribution < 1.29 is 13.5 Å². The molecular weight excluding hydrogens is 573 g/mol. The fourth-order valence-electron chi connectivity index (χ4n) is 5.21. The van der Waals surface area contributed by atoms with Gasteiger partial charge in [-0.1, -0.05) is 77.0 Å². The van der Waals surface area contributed by atoms with Crippen LogP contribution in [-0.4, -0.2) is 11.2 Å². The first-order chi connectivity index (χ1) is 19.4. The highest BCUT2D eigenvalue weighted by Gasteiger charge is 2.32. The Labute approximate surface area is 242 Å². The van der Waals surface area contributed by atoms with Gasteiger partial charge in [0.2, 0.25) is 0 Å². The molecule has 9 heteroatoms. The molecule has 0 amide bonds. The Balaban J connectivity index is 1.56. The van der Waals surface area contributed by atoms with Gasteiger partial charge in [-0.15, -0.1) is 0 Å². The lowest BCUT2D eigenvalue weighted by Crippen LogP contribution is -2.39. The van der Waals surface area contributed by atoms with E-state index in [1.807, 2.05) is 48.5 Å². The highest BCUT2D eigenvalue weighted by molar-refractivity contribution is 7.07. The number of thiazole rings is 1. The topological polar surface area (TPSA) is 43.6 Å². The second-order valence-corrected chi connectivity index (χ2v) is 11.4. The minimum absolute atomic E-state index is 0.00469. The molecule has 0 radical (unpaired) electrons. The molecule has 1 aromatic heterocycles. The number of rotatable bonds is 5. The molecule has 0 bridgehead atoms. The molecule has 40 heavy (non-hydrogen) atoms. The molecule has 0 spiro atoms. The summed E-state index contributed by atoms with van der Waals surface area (Å²) in [6, 6.07) is 21.2. The number of para-hydroxylation sites is 1. The van der Waals surface area contributed by atoms with Gasteiger partial charge in [-0.3, -0.25) is 9.36 Å². The molecule has 1 aliphatic heterocycles. The smallest absolute Gasteiger partial charge is 0.387 e. The van der Waals surface area contributed by atoms with E-state index in [1.165, 1.54) is 17.4 Å². The second-order valence-electron chi connectivity index (χ2n) is 9.50. The number of ether oxygens (including phenoxy) is 1. The van der Waals surface area contributed by atoms with E-state index >= 15 is 0 Å². The Bertz CT molecular complexity index is 1820. The monoisotopic (exact) mass is 594 g/mol. The fourth-order valence-corrected chi connectivity index (χ4v) is 6.45. The van der Waals surface area contributed by atoms with Crippen LogP contribution in [0.3, 0.4) is 0 Å². The van der Waals surface area contributed by atoms with Crippen LogP contribution in [-0.2, 0) is 0 Å². The van der Waals surface area contributed by atoms with E-state index in [0.717, 1.165) is 47.2 Å². The van der Waals surface area contributed by atoms with Gasteiger partial charge < -0.3 is 4.74 Å². The summed E-state index contributed by atoms with van der Waals surface area (Å²) in [6.07, 6.45) is 6.28. The summed E-state index contributed by atoms with van der Waals surface area (Å²) in [5.74, 6) is 0.00469. The van der Waals surface area contributed by atoms with Crippen molar-refractivity contribution in [2.24, 2.45) is 4.99 Å². The van der Waals surface area contributed by atoms with E-state index in [4.69, 9.17) is 28.2 Å². The molecule has 2 heterocycles. The van der Waals surface area contributed by atoms with Crippen LogP contribution in [0.5, 0.6) is 5.75 Å². The van der Waals surface area contributed by atoms with Crippen molar-refractivity contribution in [3.8, 4) is 5.75 Å². The van der Waals surface area contributed by atoms with Crippen LogP contribution in [0.15, 0.2) is 99.4 Å². The molecule has 0 saturated heterocycles. The fraction of sp³-hybridized carbons (Fsp3) is 0.161. The molecule has 6 rings (SSSR count). The Morgan fingerprint density at radius 1 is 0.950 bits per heavy atom. The zero-order valence-electron chi connectivity index (χ0n) is 21.0. The normalized spacial score (nSPS) is 18.1. The Morgan fingerprint density at radius 2 is 1.65 bits per heavy atom. The van der Waals surface area contributed by atoms with Gasteiger partial charge in [0.15, 0.2) is 4.80 Å². The molecule has 2 aliphatic rings. The van der Waals surface area contributed by atoms with E-state index < -0.39 is 6.61 Å². The van der Waals surface area contributed by atoms with Gasteiger partial charge in [-0.2, -0.15) is 8.78 Å². The summed E-state index contributed by atoms with van der Waals surface area (Å²) in [4.78, 5) is 19.5. The maximum Gasteiger partial charge on any atom is 0.387 e. The Hall–Kier alpha value is -3.52. The number of allylic oxidation sites excluding steroid dienone is 2. The first-order valence-corrected chi connectivity index (χ1v) is 14.3. The van der Waals surface area contributed by atoms with E-state index in [0.29, 0.717) is 24.9 Å². The SMILES string of the molecule is O=c1/c(=C\c2ccccc2OC(F)F)sc2n1[C@@H](c1ccc(Cl)cc1)C1=C(N=2)/C(=C\c2ccc(Cl)cc2)CCC1. The molecule has 0 N–H and O–H groups in total. The van der Waals surface area contributed by atoms with E-state index in [9.17, 15) is 13.6 Å². The molecule has 4 nitrogen and oxygen atoms in total. The minimum Gasteiger partial charge on any atom is -0.434 e. The molecule has 0 saturated carbocycles. The van der Waals surface area contributed by atoms with Gasteiger partial charge in [0.05, 0.1) is 16.3 Å². The van der Waals surface area contributed by atoms with Crippen LogP contribution in [0, 0.1) is 0 Å². The summed E-state index contributed by atoms with van der Waals surface area (Å²) in [5.41, 5.74) is 5.14. The van der Waals surface area contributed by atoms with Gasteiger partial charge in [-0.25, -0.2) is 4.99 Å². The third-order valence-corrected chi connectivity index (χ3v) is 8.44. The number of nitrogens with zero attached hydrogens (tertiary/aromatic N) is 2. The zero-order valence-corrected chi connectivity index (χ0v) is 23.3. The average Bonchev–Trinajstić information content (AvgIpc) is 3.25. The third kappa shape index (κ3) is 5.29. The summed E-state index contributed by atoms with van der Waals surface area (Å²) in [6.45, 7) is -2.97. The molecule has 0 fully saturated rings. The van der Waals surface area contributed by atoms with Crippen molar-refractivity contribution in [2.75, 3.05) is 0 Å². The van der Waals surface area contributed by atoms with Crippen LogP contribution in [0.2, 0.25) is 10.0 Å². The standard InChI is InChI=1S/C31H22Cl2F2N2O2S/c32-22-12-8-18(9-13-22)16-21-5-3-6-24-27(21)36-31-37(28(24)19-10-14-23(33)15-11-19)29(38)26(40-31)17-20-4-1-2-7-25(20)39-30(34)35/h1-2,4,7-17,28,30H,3,5-6H2/b21-16-,26-17+/t28-/m0/s1. The molecule has 0 unspecified atom stereocenters. The molecular formula is C31H22Cl2F2N2O2S. The van der Waals surface area contributed by atoms with E-state index in [2.05, 4.69) is 10.8 Å². The lowest BCUT2D eigenvalue weighted by Gasteiger charge is -2.31. The number of aromatic nitrogens is 1. The highest BCUT2D eigenvalue weighted by atomic mass is 35.5. The van der Waals surface area contributed by atoms with E-state index in [1.54, 1.807) is 28.8 Å². The predicted octanol–water partition coefficient (Wildman–Crippen LogP) is 7.39. The molecule has 3 aromatic carbocycles. The maximum absolute atomic E-state index is 13.9. The number of halogens is 4. The lowest BCUT2D eigenvalue weighted by molar-refractivity contribution is -0.0499. The van der Waals surface area contributed by atoms with Crippen LogP contribution in [0.4, 0.5) is 8.78 Å². The third-order valence-electron chi connectivity index (χ3n) is 6.95.